The third-order valence-corrected chi connectivity index (χ3v) is 4.72. The topological polar surface area (TPSA) is 36.4 Å². The van der Waals surface area contributed by atoms with Crippen LogP contribution in [0.1, 0.15) is 5.56 Å². The smallest absolute Gasteiger partial charge is 0.289 e. The second-order valence-corrected chi connectivity index (χ2v) is 6.03. The highest BCUT2D eigenvalue weighted by Gasteiger charge is 2.14. The molecule has 3 heteroatoms. The van der Waals surface area contributed by atoms with Crippen molar-refractivity contribution in [3.8, 4) is 0 Å². The van der Waals surface area contributed by atoms with Crippen LogP contribution in [0, 0.1) is 3.57 Å². The molecule has 0 aromatic heterocycles. The van der Waals surface area contributed by atoms with Crippen molar-refractivity contribution in [3.05, 3.63) is 63.2 Å². The van der Waals surface area contributed by atoms with Gasteiger partial charge in [-0.05, 0) is 61.0 Å². The normalized spacial score (nSPS) is 11.2. The van der Waals surface area contributed by atoms with Gasteiger partial charge in [0.05, 0.1) is 5.56 Å². The van der Waals surface area contributed by atoms with E-state index in [9.17, 15) is 0 Å². The number of rotatable bonds is 1. The van der Waals surface area contributed by atoms with Crippen LogP contribution in [-0.2, 0) is 0 Å². The molecule has 0 atom stereocenters. The third kappa shape index (κ3) is 1.51. The Hall–Kier alpha value is -1.97. The molecule has 0 bridgehead atoms. The zero-order valence-corrected chi connectivity index (χ0v) is 12.6. The minimum atomic E-state index is 0.971. The molecule has 20 heavy (non-hydrogen) atoms. The number of hydrogen-bond donors (Lipinski definition) is 0. The average Bonchev–Trinajstić information content (AvgIpc) is 2.47. The summed E-state index contributed by atoms with van der Waals surface area (Å²) in [6.07, 6.45) is 1.52. The van der Waals surface area contributed by atoms with Crippen LogP contribution >= 0.6 is 22.6 Å². The molecule has 0 saturated heterocycles. The molecule has 4 rings (SSSR count). The highest BCUT2D eigenvalue weighted by Crippen LogP contribution is 2.37. The largest absolute Gasteiger partial charge is 0.361 e. The molecular formula is C17H9IN2. The number of halogens is 1. The lowest BCUT2D eigenvalue weighted by atomic mass is 9.92. The van der Waals surface area contributed by atoms with Gasteiger partial charge in [-0.15, -0.1) is 0 Å². The predicted molar refractivity (Wildman–Crippen MR) is 91.6 cm³/mol. The standard InChI is InChI=1S/C17H9IN2/c18-15-8-12-5-4-10-2-1-3-11-6-7-13(14(15)9-20-19)17(12)16(10)11/h1-9H. The van der Waals surface area contributed by atoms with Gasteiger partial charge in [-0.2, -0.15) is 4.79 Å². The van der Waals surface area contributed by atoms with E-state index in [1.54, 1.807) is 0 Å². The molecule has 0 aliphatic rings. The van der Waals surface area contributed by atoms with Crippen molar-refractivity contribution in [2.75, 3.05) is 0 Å². The van der Waals surface area contributed by atoms with Crippen LogP contribution in [0.5, 0.6) is 0 Å². The van der Waals surface area contributed by atoms with E-state index in [0.29, 0.717) is 0 Å². The summed E-state index contributed by atoms with van der Waals surface area (Å²) in [7, 11) is 0. The molecular weight excluding hydrogens is 359 g/mol. The molecule has 0 heterocycles. The average molecular weight is 368 g/mol. The van der Waals surface area contributed by atoms with Crippen molar-refractivity contribution in [2.24, 2.45) is 0 Å². The van der Waals surface area contributed by atoms with E-state index in [1.807, 2.05) is 0 Å². The third-order valence-electron chi connectivity index (χ3n) is 3.83. The van der Waals surface area contributed by atoms with Gasteiger partial charge < -0.3 is 5.53 Å². The first-order valence-electron chi connectivity index (χ1n) is 6.33. The van der Waals surface area contributed by atoms with Gasteiger partial charge in [0.1, 0.15) is 0 Å². The van der Waals surface area contributed by atoms with Crippen molar-refractivity contribution in [2.45, 2.75) is 0 Å². The van der Waals surface area contributed by atoms with Crippen molar-refractivity contribution in [1.29, 1.82) is 0 Å². The Morgan fingerprint density at radius 1 is 0.900 bits per heavy atom. The molecule has 2 nitrogen and oxygen atoms in total. The lowest BCUT2D eigenvalue weighted by Gasteiger charge is -2.12. The maximum atomic E-state index is 8.91. The van der Waals surface area contributed by atoms with Gasteiger partial charge in [0.25, 0.3) is 6.21 Å². The van der Waals surface area contributed by atoms with E-state index in [4.69, 9.17) is 5.53 Å². The van der Waals surface area contributed by atoms with Gasteiger partial charge in [-0.3, -0.25) is 0 Å². The van der Waals surface area contributed by atoms with E-state index in [0.717, 1.165) is 14.5 Å². The van der Waals surface area contributed by atoms with Crippen LogP contribution in [0.2, 0.25) is 0 Å². The maximum Gasteiger partial charge on any atom is 0.289 e. The van der Waals surface area contributed by atoms with Crippen LogP contribution < -0.4 is 0 Å². The lowest BCUT2D eigenvalue weighted by molar-refractivity contribution is 0.00461. The van der Waals surface area contributed by atoms with Gasteiger partial charge in [-0.1, -0.05) is 42.5 Å². The Bertz CT molecular complexity index is 998. The van der Waals surface area contributed by atoms with E-state index in [2.05, 4.69) is 75.9 Å². The highest BCUT2D eigenvalue weighted by molar-refractivity contribution is 14.1. The summed E-state index contributed by atoms with van der Waals surface area (Å²) in [5.74, 6) is 0. The number of hydrogen-bond acceptors (Lipinski definition) is 0. The van der Waals surface area contributed by atoms with Crippen LogP contribution in [-0.4, -0.2) is 11.0 Å². The lowest BCUT2D eigenvalue weighted by Crippen LogP contribution is -1.93. The molecule has 0 fully saturated rings. The van der Waals surface area contributed by atoms with E-state index in [1.165, 1.54) is 33.1 Å². The number of benzene rings is 4. The summed E-state index contributed by atoms with van der Waals surface area (Å²) in [5, 5.41) is 7.38. The predicted octanol–water partition coefficient (Wildman–Crippen LogP) is 4.84. The Kier molecular flexibility index (Phi) is 2.52. The maximum absolute atomic E-state index is 8.91. The summed E-state index contributed by atoms with van der Waals surface area (Å²) >= 11 is 2.29. The molecule has 4 aromatic carbocycles. The Morgan fingerprint density at radius 2 is 1.60 bits per heavy atom. The fourth-order valence-electron chi connectivity index (χ4n) is 2.99. The molecule has 4 aromatic rings. The zero-order valence-electron chi connectivity index (χ0n) is 10.5. The van der Waals surface area contributed by atoms with Crippen molar-refractivity contribution in [3.63, 3.8) is 0 Å². The summed E-state index contributed by atoms with van der Waals surface area (Å²) < 4.78 is 1.09. The van der Waals surface area contributed by atoms with Crippen LogP contribution in [0.25, 0.3) is 37.8 Å². The van der Waals surface area contributed by atoms with Gasteiger partial charge in [0, 0.05) is 3.57 Å². The van der Waals surface area contributed by atoms with Gasteiger partial charge >= 0.3 is 0 Å². The van der Waals surface area contributed by atoms with Crippen LogP contribution in [0.4, 0.5) is 0 Å². The molecule has 0 N–H and O–H groups in total. The van der Waals surface area contributed by atoms with Gasteiger partial charge in [-0.25, -0.2) is 0 Å². The van der Waals surface area contributed by atoms with Gasteiger partial charge in [0.15, 0.2) is 0 Å². The summed E-state index contributed by atoms with van der Waals surface area (Å²) in [4.78, 5) is 3.22. The second kappa shape index (κ2) is 4.27. The molecule has 0 amide bonds. The van der Waals surface area contributed by atoms with Crippen molar-refractivity contribution in [1.82, 2.24) is 0 Å². The zero-order chi connectivity index (χ0) is 13.7. The molecule has 0 unspecified atom stereocenters. The molecule has 0 spiro atoms. The van der Waals surface area contributed by atoms with Crippen molar-refractivity contribution >= 4 is 61.1 Å². The second-order valence-electron chi connectivity index (χ2n) is 4.87. The molecule has 0 aliphatic heterocycles. The van der Waals surface area contributed by atoms with Gasteiger partial charge in [0.2, 0.25) is 0 Å². The Balaban J connectivity index is 2.39. The first-order valence-corrected chi connectivity index (χ1v) is 7.41. The number of nitrogens with zero attached hydrogens (tertiary/aromatic N) is 2. The first-order chi connectivity index (χ1) is 9.79. The fourth-order valence-corrected chi connectivity index (χ4v) is 3.75. The monoisotopic (exact) mass is 368 g/mol. The Labute approximate surface area is 129 Å². The Morgan fingerprint density at radius 3 is 2.35 bits per heavy atom. The SMILES string of the molecule is [N-]=[N+]=Cc1c(I)cc2ccc3cccc4ccc1c2c34. The first kappa shape index (κ1) is 11.8. The van der Waals surface area contributed by atoms with Crippen molar-refractivity contribution < 1.29 is 4.79 Å². The minimum absolute atomic E-state index is 0.971. The minimum Gasteiger partial charge on any atom is -0.361 e. The highest BCUT2D eigenvalue weighted by atomic mass is 127. The van der Waals surface area contributed by atoms with Crippen LogP contribution in [0.3, 0.4) is 0 Å². The molecule has 0 radical (unpaired) electrons. The van der Waals surface area contributed by atoms with E-state index < -0.39 is 0 Å². The molecule has 94 valence electrons. The summed E-state index contributed by atoms with van der Waals surface area (Å²) in [6.45, 7) is 0. The van der Waals surface area contributed by atoms with Crippen LogP contribution in [0.15, 0.2) is 48.5 Å². The van der Waals surface area contributed by atoms with E-state index >= 15 is 0 Å². The quantitative estimate of drug-likeness (QED) is 0.152. The molecule has 0 aliphatic carbocycles. The summed E-state index contributed by atoms with van der Waals surface area (Å²) in [5.41, 5.74) is 9.88. The molecule has 0 saturated carbocycles. The van der Waals surface area contributed by atoms with E-state index in [-0.39, 0.29) is 0 Å². The summed E-state index contributed by atoms with van der Waals surface area (Å²) in [6, 6.07) is 17.1. The fraction of sp³-hybridized carbons (Fsp3) is 0.